The molecule has 0 bridgehead atoms. The van der Waals surface area contributed by atoms with E-state index in [0.717, 1.165) is 11.3 Å². The molecule has 28 heavy (non-hydrogen) atoms. The second-order valence-electron chi connectivity index (χ2n) is 5.78. The molecule has 0 spiro atoms. The van der Waals surface area contributed by atoms with E-state index in [4.69, 9.17) is 21.1 Å². The van der Waals surface area contributed by atoms with Crippen molar-refractivity contribution in [1.82, 2.24) is 14.8 Å². The summed E-state index contributed by atoms with van der Waals surface area (Å²) in [4.78, 5) is 12.2. The third-order valence-corrected chi connectivity index (χ3v) is 5.27. The van der Waals surface area contributed by atoms with Crippen molar-refractivity contribution in [3.8, 4) is 22.9 Å². The number of rotatable bonds is 7. The fourth-order valence-corrected chi connectivity index (χ4v) is 3.47. The van der Waals surface area contributed by atoms with Crippen molar-refractivity contribution in [3.05, 3.63) is 47.5 Å². The molecule has 1 N–H and O–H groups in total. The Hall–Kier alpha value is -2.71. The topological polar surface area (TPSA) is 78.3 Å². The average molecular weight is 419 g/mol. The van der Waals surface area contributed by atoms with Gasteiger partial charge in [-0.3, -0.25) is 4.79 Å². The van der Waals surface area contributed by atoms with Gasteiger partial charge in [0, 0.05) is 18.3 Å². The van der Waals surface area contributed by atoms with Crippen molar-refractivity contribution in [2.75, 3.05) is 25.3 Å². The van der Waals surface area contributed by atoms with E-state index in [-0.39, 0.29) is 11.7 Å². The minimum atomic E-state index is -0.166. The molecule has 0 unspecified atom stereocenters. The first kappa shape index (κ1) is 20.0. The predicted octanol–water partition coefficient (Wildman–Crippen LogP) is 3.88. The van der Waals surface area contributed by atoms with Crippen LogP contribution < -0.4 is 14.8 Å². The Morgan fingerprint density at radius 1 is 1.14 bits per heavy atom. The normalized spacial score (nSPS) is 10.6. The fraction of sp³-hybridized carbons (Fsp3) is 0.211. The number of amides is 1. The Labute approximate surface area is 172 Å². The van der Waals surface area contributed by atoms with Gasteiger partial charge in [-0.1, -0.05) is 23.4 Å². The van der Waals surface area contributed by atoms with E-state index in [9.17, 15) is 4.79 Å². The van der Waals surface area contributed by atoms with Gasteiger partial charge in [-0.05, 0) is 42.5 Å². The van der Waals surface area contributed by atoms with Gasteiger partial charge in [0.25, 0.3) is 0 Å². The summed E-state index contributed by atoms with van der Waals surface area (Å²) >= 11 is 7.38. The zero-order chi connectivity index (χ0) is 20.1. The molecule has 9 heteroatoms. The fourth-order valence-electron chi connectivity index (χ4n) is 2.50. The highest BCUT2D eigenvalue weighted by Gasteiger charge is 2.13. The maximum Gasteiger partial charge on any atom is 0.234 e. The van der Waals surface area contributed by atoms with Gasteiger partial charge in [-0.25, -0.2) is 0 Å². The van der Waals surface area contributed by atoms with Crippen LogP contribution in [0.15, 0.2) is 47.6 Å². The van der Waals surface area contributed by atoms with Crippen LogP contribution in [0.3, 0.4) is 0 Å². The van der Waals surface area contributed by atoms with E-state index in [1.165, 1.54) is 18.9 Å². The average Bonchev–Trinajstić information content (AvgIpc) is 3.07. The number of nitrogens with zero attached hydrogens (tertiary/aromatic N) is 3. The lowest BCUT2D eigenvalue weighted by atomic mass is 10.2. The lowest BCUT2D eigenvalue weighted by molar-refractivity contribution is -0.113. The summed E-state index contributed by atoms with van der Waals surface area (Å²) in [7, 11) is 5.03. The van der Waals surface area contributed by atoms with E-state index in [0.29, 0.717) is 27.4 Å². The number of halogens is 1. The molecule has 0 aliphatic heterocycles. The van der Waals surface area contributed by atoms with Crippen molar-refractivity contribution in [2.24, 2.45) is 7.05 Å². The van der Waals surface area contributed by atoms with Crippen LogP contribution >= 0.6 is 23.4 Å². The third-order valence-electron chi connectivity index (χ3n) is 3.95. The number of carbonyl (C=O) groups is 1. The van der Waals surface area contributed by atoms with Gasteiger partial charge in [0.1, 0.15) is 11.5 Å². The maximum atomic E-state index is 12.2. The van der Waals surface area contributed by atoms with E-state index < -0.39 is 0 Å². The van der Waals surface area contributed by atoms with Crippen molar-refractivity contribution in [1.29, 1.82) is 0 Å². The Bertz CT molecular complexity index is 976. The molecule has 0 saturated heterocycles. The molecule has 1 amide bonds. The van der Waals surface area contributed by atoms with Gasteiger partial charge in [-0.2, -0.15) is 0 Å². The van der Waals surface area contributed by atoms with Crippen LogP contribution in [-0.2, 0) is 11.8 Å². The largest absolute Gasteiger partial charge is 0.497 e. The van der Waals surface area contributed by atoms with Crippen LogP contribution in [0.4, 0.5) is 5.69 Å². The Balaban J connectivity index is 1.62. The van der Waals surface area contributed by atoms with Crippen LogP contribution in [0.2, 0.25) is 5.02 Å². The van der Waals surface area contributed by atoms with Crippen LogP contribution in [0.1, 0.15) is 0 Å². The Morgan fingerprint density at radius 3 is 2.54 bits per heavy atom. The van der Waals surface area contributed by atoms with Crippen molar-refractivity contribution < 1.29 is 14.3 Å². The summed E-state index contributed by atoms with van der Waals surface area (Å²) in [5.41, 5.74) is 1.52. The molecule has 146 valence electrons. The molecule has 0 atom stereocenters. The molecular formula is C19H19ClN4O3S. The molecule has 0 fully saturated rings. The monoisotopic (exact) mass is 418 g/mol. The SMILES string of the molecule is COc1ccc(-c2nnc(SCC(=O)Nc3ccc(OC)c(Cl)c3)n2C)cc1. The lowest BCUT2D eigenvalue weighted by Crippen LogP contribution is -2.14. The van der Waals surface area contributed by atoms with Crippen LogP contribution in [0.5, 0.6) is 11.5 Å². The molecule has 0 radical (unpaired) electrons. The number of methoxy groups -OCH3 is 2. The first-order valence-electron chi connectivity index (χ1n) is 8.32. The molecule has 0 saturated carbocycles. The van der Waals surface area contributed by atoms with Crippen molar-refractivity contribution in [2.45, 2.75) is 5.16 Å². The van der Waals surface area contributed by atoms with Gasteiger partial charge in [0.05, 0.1) is 25.0 Å². The Morgan fingerprint density at radius 2 is 1.89 bits per heavy atom. The number of benzene rings is 2. The molecule has 3 rings (SSSR count). The van der Waals surface area contributed by atoms with E-state index in [1.807, 2.05) is 35.9 Å². The maximum absolute atomic E-state index is 12.2. The van der Waals surface area contributed by atoms with Crippen molar-refractivity contribution >= 4 is 35.0 Å². The summed E-state index contributed by atoms with van der Waals surface area (Å²) in [6.07, 6.45) is 0. The minimum Gasteiger partial charge on any atom is -0.497 e. The number of nitrogens with one attached hydrogen (secondary N) is 1. The molecule has 2 aromatic carbocycles. The van der Waals surface area contributed by atoms with Gasteiger partial charge < -0.3 is 19.4 Å². The number of carbonyl (C=O) groups excluding carboxylic acids is 1. The lowest BCUT2D eigenvalue weighted by Gasteiger charge is -2.08. The first-order valence-corrected chi connectivity index (χ1v) is 9.68. The summed E-state index contributed by atoms with van der Waals surface area (Å²) in [6, 6.07) is 12.6. The van der Waals surface area contributed by atoms with Gasteiger partial charge in [0.15, 0.2) is 11.0 Å². The number of hydrogen-bond acceptors (Lipinski definition) is 6. The smallest absolute Gasteiger partial charge is 0.234 e. The standard InChI is InChI=1S/C19H19ClN4O3S/c1-24-18(12-4-7-14(26-2)8-5-12)22-23-19(24)28-11-17(25)21-13-6-9-16(27-3)15(20)10-13/h4-10H,11H2,1-3H3,(H,21,25). The quantitative estimate of drug-likeness (QED) is 0.586. The zero-order valence-electron chi connectivity index (χ0n) is 15.6. The number of aromatic nitrogens is 3. The molecule has 3 aromatic rings. The highest BCUT2D eigenvalue weighted by Crippen LogP contribution is 2.28. The van der Waals surface area contributed by atoms with Gasteiger partial charge >= 0.3 is 0 Å². The third kappa shape index (κ3) is 4.58. The number of thioether (sulfide) groups is 1. The molecule has 0 aliphatic rings. The summed E-state index contributed by atoms with van der Waals surface area (Å²) in [5, 5.41) is 12.3. The minimum absolute atomic E-state index is 0.166. The van der Waals surface area contributed by atoms with E-state index in [1.54, 1.807) is 25.3 Å². The zero-order valence-corrected chi connectivity index (χ0v) is 17.2. The number of ether oxygens (including phenoxy) is 2. The van der Waals surface area contributed by atoms with Gasteiger partial charge in [-0.15, -0.1) is 10.2 Å². The van der Waals surface area contributed by atoms with E-state index >= 15 is 0 Å². The highest BCUT2D eigenvalue weighted by atomic mass is 35.5. The van der Waals surface area contributed by atoms with Crippen LogP contribution in [0, 0.1) is 0 Å². The molecule has 1 heterocycles. The van der Waals surface area contributed by atoms with E-state index in [2.05, 4.69) is 15.5 Å². The second kappa shape index (κ2) is 8.99. The number of anilines is 1. The van der Waals surface area contributed by atoms with Crippen molar-refractivity contribution in [3.63, 3.8) is 0 Å². The molecule has 0 aliphatic carbocycles. The highest BCUT2D eigenvalue weighted by molar-refractivity contribution is 7.99. The second-order valence-corrected chi connectivity index (χ2v) is 7.13. The Kier molecular flexibility index (Phi) is 6.43. The van der Waals surface area contributed by atoms with Gasteiger partial charge in [0.2, 0.25) is 5.91 Å². The summed E-state index contributed by atoms with van der Waals surface area (Å²) in [6.45, 7) is 0. The summed E-state index contributed by atoms with van der Waals surface area (Å²) < 4.78 is 12.1. The summed E-state index contributed by atoms with van der Waals surface area (Å²) in [5.74, 6) is 2.07. The van der Waals surface area contributed by atoms with Crippen LogP contribution in [-0.4, -0.2) is 40.6 Å². The molecule has 7 nitrogen and oxygen atoms in total. The van der Waals surface area contributed by atoms with Crippen LogP contribution in [0.25, 0.3) is 11.4 Å². The first-order chi connectivity index (χ1) is 13.5. The predicted molar refractivity (Wildman–Crippen MR) is 110 cm³/mol. The molecular weight excluding hydrogens is 400 g/mol. The molecule has 1 aromatic heterocycles. The number of hydrogen-bond donors (Lipinski definition) is 1.